The van der Waals surface area contributed by atoms with Gasteiger partial charge in [0.25, 0.3) is 0 Å². The first-order valence-corrected chi connectivity index (χ1v) is 5.99. The Balaban J connectivity index is 3.58. The second kappa shape index (κ2) is 10.5. The zero-order valence-corrected chi connectivity index (χ0v) is 9.72. The number of carbonyl (C=O) groups is 1. The highest BCUT2D eigenvalue weighted by molar-refractivity contribution is 5.72. The quantitative estimate of drug-likeness (QED) is 0.306. The Morgan fingerprint density at radius 3 is 2.21 bits per heavy atom. The number of hydrogen-bond acceptors (Lipinski definition) is 1. The average Bonchev–Trinajstić information content (AvgIpc) is 2.22. The van der Waals surface area contributed by atoms with Crippen molar-refractivity contribution in [2.45, 2.75) is 65.2 Å². The number of unbranched alkanes of at least 4 members (excludes halogenated alkanes) is 5. The molecular weight excluding hydrogens is 172 g/mol. The van der Waals surface area contributed by atoms with Crippen LogP contribution in [0.5, 0.6) is 0 Å². The second-order valence-electron chi connectivity index (χ2n) is 3.85. The van der Waals surface area contributed by atoms with Crippen LogP contribution in [0.25, 0.3) is 0 Å². The summed E-state index contributed by atoms with van der Waals surface area (Å²) < 4.78 is 0. The molecule has 0 aliphatic rings. The summed E-state index contributed by atoms with van der Waals surface area (Å²) in [5.41, 5.74) is 1.01. The van der Waals surface area contributed by atoms with Gasteiger partial charge in [-0.2, -0.15) is 0 Å². The smallest absolute Gasteiger partial charge is 0.145 e. The minimum absolute atomic E-state index is 0.976. The summed E-state index contributed by atoms with van der Waals surface area (Å²) in [7, 11) is 0. The van der Waals surface area contributed by atoms with Crippen molar-refractivity contribution < 1.29 is 4.79 Å². The molecule has 1 nitrogen and oxygen atoms in total. The zero-order valence-electron chi connectivity index (χ0n) is 9.72. The lowest BCUT2D eigenvalue weighted by molar-refractivity contribution is -0.105. The van der Waals surface area contributed by atoms with Crippen molar-refractivity contribution in [3.63, 3.8) is 0 Å². The molecule has 0 aliphatic carbocycles. The molecule has 0 spiro atoms. The maximum Gasteiger partial charge on any atom is 0.145 e. The van der Waals surface area contributed by atoms with Gasteiger partial charge in [-0.25, -0.2) is 0 Å². The highest BCUT2D eigenvalue weighted by Gasteiger charge is 1.94. The number of hydrogen-bond donors (Lipinski definition) is 0. The number of allylic oxidation sites excluding steroid dienone is 2. The molecule has 0 saturated heterocycles. The van der Waals surface area contributed by atoms with E-state index < -0.39 is 0 Å². The normalized spacial score (nSPS) is 11.7. The van der Waals surface area contributed by atoms with Crippen molar-refractivity contribution in [2.24, 2.45) is 0 Å². The molecule has 0 aromatic heterocycles. The molecule has 0 N–H and O–H groups in total. The fourth-order valence-corrected chi connectivity index (χ4v) is 1.47. The first kappa shape index (κ1) is 13.4. The molecule has 0 aromatic carbocycles. The Bertz CT molecular complexity index is 159. The van der Waals surface area contributed by atoms with Gasteiger partial charge in [0.05, 0.1) is 0 Å². The number of aldehydes is 1. The third-order valence-corrected chi connectivity index (χ3v) is 2.43. The van der Waals surface area contributed by atoms with Crippen LogP contribution in [-0.2, 0) is 4.79 Å². The lowest BCUT2D eigenvalue weighted by atomic mass is 10.1. The van der Waals surface area contributed by atoms with E-state index in [0.29, 0.717) is 0 Å². The first-order valence-electron chi connectivity index (χ1n) is 5.99. The van der Waals surface area contributed by atoms with Gasteiger partial charge < -0.3 is 0 Å². The van der Waals surface area contributed by atoms with Crippen molar-refractivity contribution >= 4 is 6.29 Å². The van der Waals surface area contributed by atoms with Crippen LogP contribution in [0.4, 0.5) is 0 Å². The van der Waals surface area contributed by atoms with Crippen molar-refractivity contribution in [1.29, 1.82) is 0 Å². The Kier molecular flexibility index (Phi) is 10.0. The summed E-state index contributed by atoms with van der Waals surface area (Å²) >= 11 is 0. The van der Waals surface area contributed by atoms with E-state index >= 15 is 0 Å². The molecule has 1 heteroatoms. The molecule has 0 aromatic rings. The van der Waals surface area contributed by atoms with Crippen molar-refractivity contribution in [1.82, 2.24) is 0 Å². The van der Waals surface area contributed by atoms with Gasteiger partial charge in [0.2, 0.25) is 0 Å². The lowest BCUT2D eigenvalue weighted by Gasteiger charge is -1.99. The zero-order chi connectivity index (χ0) is 10.6. The van der Waals surface area contributed by atoms with Gasteiger partial charge in [0, 0.05) is 0 Å². The van der Waals surface area contributed by atoms with Crippen LogP contribution >= 0.6 is 0 Å². The van der Waals surface area contributed by atoms with E-state index in [9.17, 15) is 4.79 Å². The minimum Gasteiger partial charge on any atom is -0.298 e. The fraction of sp³-hybridized carbons (Fsp3) is 0.769. The Labute approximate surface area is 88.6 Å². The van der Waals surface area contributed by atoms with Crippen molar-refractivity contribution in [2.75, 3.05) is 0 Å². The van der Waals surface area contributed by atoms with Crippen LogP contribution in [0, 0.1) is 0 Å². The Morgan fingerprint density at radius 2 is 1.64 bits per heavy atom. The second-order valence-corrected chi connectivity index (χ2v) is 3.85. The molecule has 0 fully saturated rings. The van der Waals surface area contributed by atoms with E-state index in [1.165, 1.54) is 32.1 Å². The topological polar surface area (TPSA) is 17.1 Å². The third kappa shape index (κ3) is 8.03. The van der Waals surface area contributed by atoms with Gasteiger partial charge in [-0.1, -0.05) is 45.6 Å². The third-order valence-electron chi connectivity index (χ3n) is 2.43. The summed E-state index contributed by atoms with van der Waals surface area (Å²) in [5, 5.41) is 0. The van der Waals surface area contributed by atoms with Crippen LogP contribution in [0.15, 0.2) is 11.6 Å². The first-order chi connectivity index (χ1) is 6.85. The largest absolute Gasteiger partial charge is 0.298 e. The molecule has 0 rings (SSSR count). The van der Waals surface area contributed by atoms with E-state index in [1.807, 2.05) is 0 Å². The standard InChI is InChI=1S/C13H24O/c1-3-5-7-9-11-13(12-14)10-8-6-4-2/h11-12H,3-10H2,1-2H3/b13-11-. The average molecular weight is 196 g/mol. The minimum atomic E-state index is 0.976. The van der Waals surface area contributed by atoms with Crippen LogP contribution in [-0.4, -0.2) is 6.29 Å². The highest BCUT2D eigenvalue weighted by Crippen LogP contribution is 2.09. The summed E-state index contributed by atoms with van der Waals surface area (Å²) in [6, 6.07) is 0. The molecule has 0 unspecified atom stereocenters. The maximum absolute atomic E-state index is 10.7. The summed E-state index contributed by atoms with van der Waals surface area (Å²) in [6.07, 6.45) is 12.6. The molecule has 0 atom stereocenters. The van der Waals surface area contributed by atoms with E-state index in [2.05, 4.69) is 19.9 Å². The Hall–Kier alpha value is -0.590. The lowest BCUT2D eigenvalue weighted by Crippen LogP contribution is -1.86. The molecule has 0 radical (unpaired) electrons. The Morgan fingerprint density at radius 1 is 1.00 bits per heavy atom. The van der Waals surface area contributed by atoms with Crippen molar-refractivity contribution in [3.8, 4) is 0 Å². The van der Waals surface area contributed by atoms with Crippen LogP contribution < -0.4 is 0 Å². The predicted molar refractivity (Wildman–Crippen MR) is 62.4 cm³/mol. The molecule has 0 bridgehead atoms. The molecule has 0 saturated carbocycles. The summed E-state index contributed by atoms with van der Waals surface area (Å²) in [5.74, 6) is 0. The molecule has 14 heavy (non-hydrogen) atoms. The molecule has 82 valence electrons. The van der Waals surface area contributed by atoms with Gasteiger partial charge >= 0.3 is 0 Å². The monoisotopic (exact) mass is 196 g/mol. The predicted octanol–water partition coefficient (Wildman–Crippen LogP) is 4.27. The van der Waals surface area contributed by atoms with E-state index in [-0.39, 0.29) is 0 Å². The SMILES string of the molecule is CCCCC/C=C(\C=O)CCCCC. The molecular formula is C13H24O. The van der Waals surface area contributed by atoms with E-state index in [4.69, 9.17) is 0 Å². The summed E-state index contributed by atoms with van der Waals surface area (Å²) in [4.78, 5) is 10.7. The van der Waals surface area contributed by atoms with E-state index in [0.717, 1.165) is 31.1 Å². The van der Waals surface area contributed by atoms with Gasteiger partial charge in [0.1, 0.15) is 6.29 Å². The van der Waals surface area contributed by atoms with Gasteiger partial charge in [0.15, 0.2) is 0 Å². The number of carbonyl (C=O) groups excluding carboxylic acids is 1. The van der Waals surface area contributed by atoms with Crippen LogP contribution in [0.2, 0.25) is 0 Å². The van der Waals surface area contributed by atoms with Crippen LogP contribution in [0.1, 0.15) is 65.2 Å². The van der Waals surface area contributed by atoms with Crippen molar-refractivity contribution in [3.05, 3.63) is 11.6 Å². The van der Waals surface area contributed by atoms with Gasteiger partial charge in [-0.15, -0.1) is 0 Å². The van der Waals surface area contributed by atoms with Gasteiger partial charge in [-0.3, -0.25) is 4.79 Å². The molecule has 0 amide bonds. The number of rotatable bonds is 9. The maximum atomic E-state index is 10.7. The fourth-order valence-electron chi connectivity index (χ4n) is 1.47. The van der Waals surface area contributed by atoms with Crippen LogP contribution in [0.3, 0.4) is 0 Å². The summed E-state index contributed by atoms with van der Waals surface area (Å²) in [6.45, 7) is 4.39. The highest BCUT2D eigenvalue weighted by atomic mass is 16.1. The molecule has 0 aliphatic heterocycles. The van der Waals surface area contributed by atoms with E-state index in [1.54, 1.807) is 0 Å². The van der Waals surface area contributed by atoms with Gasteiger partial charge in [-0.05, 0) is 31.3 Å². The molecule has 0 heterocycles.